The number of rotatable bonds is 2. The number of nitrogens with zero attached hydrogens (tertiary/aromatic N) is 2. The van der Waals surface area contributed by atoms with Crippen LogP contribution in [0, 0.1) is 15.9 Å². The van der Waals surface area contributed by atoms with Gasteiger partial charge in [0.2, 0.25) is 0 Å². The van der Waals surface area contributed by atoms with E-state index in [9.17, 15) is 14.5 Å². The van der Waals surface area contributed by atoms with E-state index in [1.807, 2.05) is 4.90 Å². The van der Waals surface area contributed by atoms with Crippen LogP contribution >= 0.6 is 0 Å². The number of benzene rings is 1. The van der Waals surface area contributed by atoms with Crippen LogP contribution in [0.15, 0.2) is 18.2 Å². The van der Waals surface area contributed by atoms with E-state index >= 15 is 0 Å². The summed E-state index contributed by atoms with van der Waals surface area (Å²) in [7, 11) is 0. The van der Waals surface area contributed by atoms with E-state index in [1.54, 1.807) is 0 Å². The lowest BCUT2D eigenvalue weighted by molar-refractivity contribution is -0.385. The van der Waals surface area contributed by atoms with Crippen molar-refractivity contribution in [2.75, 3.05) is 18.0 Å². The summed E-state index contributed by atoms with van der Waals surface area (Å²) in [6.45, 7) is 1.66. The molecule has 0 spiro atoms. The Morgan fingerprint density at radius 3 is 2.28 bits per heavy atom. The second kappa shape index (κ2) is 5.80. The quantitative estimate of drug-likeness (QED) is 0.597. The van der Waals surface area contributed by atoms with Crippen molar-refractivity contribution in [2.24, 2.45) is 0 Å². The lowest BCUT2D eigenvalue weighted by atomic mass is 10.1. The molecule has 1 fully saturated rings. The van der Waals surface area contributed by atoms with Crippen LogP contribution in [0.4, 0.5) is 15.8 Å². The number of hydrogen-bond acceptors (Lipinski definition) is 3. The maximum absolute atomic E-state index is 13.9. The molecule has 1 aliphatic heterocycles. The fourth-order valence-corrected chi connectivity index (χ4v) is 2.35. The summed E-state index contributed by atoms with van der Waals surface area (Å²) in [5.41, 5.74) is 0.297. The van der Waals surface area contributed by atoms with Crippen LogP contribution in [0.5, 0.6) is 0 Å². The molecule has 1 heterocycles. The molecule has 18 heavy (non-hydrogen) atoms. The molecule has 1 aromatic rings. The Bertz CT molecular complexity index is 429. The Kier molecular flexibility index (Phi) is 4.12. The van der Waals surface area contributed by atoms with Crippen LogP contribution in [-0.2, 0) is 0 Å². The fourth-order valence-electron chi connectivity index (χ4n) is 2.35. The number of anilines is 1. The van der Waals surface area contributed by atoms with Crippen molar-refractivity contribution < 1.29 is 9.31 Å². The summed E-state index contributed by atoms with van der Waals surface area (Å²) >= 11 is 0. The number of nitro groups is 1. The van der Waals surface area contributed by atoms with Crippen LogP contribution in [-0.4, -0.2) is 18.0 Å². The molecule has 0 bridgehead atoms. The summed E-state index contributed by atoms with van der Waals surface area (Å²) < 4.78 is 13.9. The highest BCUT2D eigenvalue weighted by molar-refractivity contribution is 5.52. The zero-order chi connectivity index (χ0) is 13.0. The van der Waals surface area contributed by atoms with Crippen molar-refractivity contribution in [3.8, 4) is 0 Å². The van der Waals surface area contributed by atoms with Gasteiger partial charge < -0.3 is 4.90 Å². The van der Waals surface area contributed by atoms with E-state index in [-0.39, 0.29) is 5.69 Å². The van der Waals surface area contributed by atoms with Gasteiger partial charge >= 0.3 is 0 Å². The minimum Gasteiger partial charge on any atom is -0.369 e. The summed E-state index contributed by atoms with van der Waals surface area (Å²) in [5.74, 6) is -0.496. The van der Waals surface area contributed by atoms with Gasteiger partial charge in [-0.05, 0) is 18.9 Å². The van der Waals surface area contributed by atoms with Gasteiger partial charge in [-0.15, -0.1) is 0 Å². The molecule has 0 unspecified atom stereocenters. The van der Waals surface area contributed by atoms with Crippen LogP contribution in [0.25, 0.3) is 0 Å². The average molecular weight is 252 g/mol. The molecule has 0 aromatic heterocycles. The maximum atomic E-state index is 13.9. The standard InChI is InChI=1S/C13H17FN2O2/c14-12-10-11(16(17)18)6-7-13(12)15-8-4-2-1-3-5-9-15/h6-7,10H,1-5,8-9H2. The van der Waals surface area contributed by atoms with Gasteiger partial charge in [-0.3, -0.25) is 10.1 Å². The van der Waals surface area contributed by atoms with E-state index in [0.29, 0.717) is 5.69 Å². The van der Waals surface area contributed by atoms with Gasteiger partial charge in [0.25, 0.3) is 5.69 Å². The summed E-state index contributed by atoms with van der Waals surface area (Å²) in [5, 5.41) is 10.6. The van der Waals surface area contributed by atoms with Gasteiger partial charge in [-0.25, -0.2) is 4.39 Å². The Morgan fingerprint density at radius 1 is 1.11 bits per heavy atom. The van der Waals surface area contributed by atoms with Crippen LogP contribution in [0.2, 0.25) is 0 Å². The van der Waals surface area contributed by atoms with Gasteiger partial charge in [0.15, 0.2) is 5.82 Å². The third-order valence-corrected chi connectivity index (χ3v) is 3.34. The number of halogens is 1. The van der Waals surface area contributed by atoms with Gasteiger partial charge in [0.05, 0.1) is 16.7 Å². The Hall–Kier alpha value is -1.65. The molecule has 0 N–H and O–H groups in total. The number of non-ortho nitro benzene ring substituents is 1. The monoisotopic (exact) mass is 252 g/mol. The lowest BCUT2D eigenvalue weighted by Crippen LogP contribution is -2.27. The van der Waals surface area contributed by atoms with Crippen molar-refractivity contribution in [2.45, 2.75) is 32.1 Å². The van der Waals surface area contributed by atoms with Crippen LogP contribution in [0.3, 0.4) is 0 Å². The summed E-state index contributed by atoms with van der Waals surface area (Å²) in [4.78, 5) is 12.0. The molecule has 98 valence electrons. The molecule has 2 rings (SSSR count). The second-order valence-electron chi connectivity index (χ2n) is 4.65. The SMILES string of the molecule is O=[N+]([O-])c1ccc(N2CCCCCCC2)c(F)c1. The smallest absolute Gasteiger partial charge is 0.272 e. The predicted octanol–water partition coefficient (Wildman–Crippen LogP) is 3.50. The molecule has 1 saturated heterocycles. The van der Waals surface area contributed by atoms with E-state index < -0.39 is 10.7 Å². The van der Waals surface area contributed by atoms with Crippen molar-refractivity contribution in [3.63, 3.8) is 0 Å². The topological polar surface area (TPSA) is 46.4 Å². The zero-order valence-corrected chi connectivity index (χ0v) is 10.3. The van der Waals surface area contributed by atoms with E-state index in [0.717, 1.165) is 32.0 Å². The normalized spacial score (nSPS) is 17.1. The largest absolute Gasteiger partial charge is 0.369 e. The van der Waals surface area contributed by atoms with Gasteiger partial charge in [0, 0.05) is 19.2 Å². The Balaban J connectivity index is 2.18. The summed E-state index contributed by atoms with van der Waals surface area (Å²) in [6.07, 6.45) is 5.69. The third kappa shape index (κ3) is 2.97. The lowest BCUT2D eigenvalue weighted by Gasteiger charge is -2.27. The summed E-state index contributed by atoms with van der Waals surface area (Å²) in [6, 6.07) is 3.90. The molecule has 0 saturated carbocycles. The molecule has 0 amide bonds. The second-order valence-corrected chi connectivity index (χ2v) is 4.65. The van der Waals surface area contributed by atoms with Crippen molar-refractivity contribution in [3.05, 3.63) is 34.1 Å². The first kappa shape index (κ1) is 12.8. The minimum atomic E-state index is -0.569. The van der Waals surface area contributed by atoms with Crippen molar-refractivity contribution in [1.29, 1.82) is 0 Å². The third-order valence-electron chi connectivity index (χ3n) is 3.34. The molecule has 1 aliphatic rings. The van der Waals surface area contributed by atoms with E-state index in [1.165, 1.54) is 31.4 Å². The molecule has 0 atom stereocenters. The zero-order valence-electron chi connectivity index (χ0n) is 10.3. The predicted molar refractivity (Wildman–Crippen MR) is 68.4 cm³/mol. The van der Waals surface area contributed by atoms with E-state index in [4.69, 9.17) is 0 Å². The van der Waals surface area contributed by atoms with Crippen molar-refractivity contribution in [1.82, 2.24) is 0 Å². The Morgan fingerprint density at radius 2 is 1.72 bits per heavy atom. The van der Waals surface area contributed by atoms with Gasteiger partial charge in [-0.1, -0.05) is 19.3 Å². The van der Waals surface area contributed by atoms with Gasteiger partial charge in [-0.2, -0.15) is 0 Å². The average Bonchev–Trinajstić information content (AvgIpc) is 2.29. The highest BCUT2D eigenvalue weighted by atomic mass is 19.1. The number of hydrogen-bond donors (Lipinski definition) is 0. The van der Waals surface area contributed by atoms with Crippen molar-refractivity contribution >= 4 is 11.4 Å². The van der Waals surface area contributed by atoms with E-state index in [2.05, 4.69) is 0 Å². The Labute approximate surface area is 106 Å². The highest BCUT2D eigenvalue weighted by Crippen LogP contribution is 2.25. The molecule has 4 nitrogen and oxygen atoms in total. The fraction of sp³-hybridized carbons (Fsp3) is 0.538. The molecule has 1 aromatic carbocycles. The maximum Gasteiger partial charge on any atom is 0.272 e. The molecular formula is C13H17FN2O2. The first-order chi connectivity index (χ1) is 8.68. The first-order valence-electron chi connectivity index (χ1n) is 6.37. The molecule has 5 heteroatoms. The highest BCUT2D eigenvalue weighted by Gasteiger charge is 2.16. The van der Waals surface area contributed by atoms with Gasteiger partial charge in [0.1, 0.15) is 0 Å². The first-order valence-corrected chi connectivity index (χ1v) is 6.37. The minimum absolute atomic E-state index is 0.191. The van der Waals surface area contributed by atoms with Crippen LogP contribution in [0.1, 0.15) is 32.1 Å². The molecule has 0 aliphatic carbocycles. The molecule has 0 radical (unpaired) electrons. The molecular weight excluding hydrogens is 235 g/mol. The van der Waals surface area contributed by atoms with Crippen LogP contribution < -0.4 is 4.90 Å². The number of nitro benzene ring substituents is 1.